The summed E-state index contributed by atoms with van der Waals surface area (Å²) in [6.07, 6.45) is 2.18. The number of hydrogen-bond donors (Lipinski definition) is 1. The number of nitrogens with zero attached hydrogens (tertiary/aromatic N) is 1. The maximum absolute atomic E-state index is 11.5. The summed E-state index contributed by atoms with van der Waals surface area (Å²) in [5, 5.41) is 10.2. The van der Waals surface area contributed by atoms with Gasteiger partial charge in [-0.25, -0.2) is 0 Å². The highest BCUT2D eigenvalue weighted by atomic mass is 35.5. The zero-order valence-corrected chi connectivity index (χ0v) is 12.9. The first-order chi connectivity index (χ1) is 9.48. The van der Waals surface area contributed by atoms with Crippen LogP contribution in [0.3, 0.4) is 0 Å². The summed E-state index contributed by atoms with van der Waals surface area (Å²) in [5.74, 6) is -0.640. The number of piperidine rings is 1. The normalized spacial score (nSPS) is 20.6. The van der Waals surface area contributed by atoms with Crippen molar-refractivity contribution in [3.8, 4) is 0 Å². The van der Waals surface area contributed by atoms with Gasteiger partial charge < -0.3 is 5.11 Å². The first-order valence-electron chi connectivity index (χ1n) is 7.21. The molecule has 20 heavy (non-hydrogen) atoms. The molecular weight excluding hydrogens is 274 g/mol. The van der Waals surface area contributed by atoms with Crippen LogP contribution in [-0.2, 0) is 4.79 Å². The van der Waals surface area contributed by atoms with Crippen molar-refractivity contribution >= 4 is 17.6 Å². The van der Waals surface area contributed by atoms with E-state index >= 15 is 0 Å². The molecule has 0 saturated carbocycles. The lowest BCUT2D eigenvalue weighted by molar-refractivity contribution is -0.152. The van der Waals surface area contributed by atoms with Gasteiger partial charge in [0.1, 0.15) is 0 Å². The molecule has 1 aliphatic heterocycles. The van der Waals surface area contributed by atoms with Gasteiger partial charge in [0.05, 0.1) is 5.41 Å². The zero-order chi connectivity index (χ0) is 14.8. The van der Waals surface area contributed by atoms with Crippen molar-refractivity contribution < 1.29 is 9.90 Å². The third-order valence-electron chi connectivity index (χ3n) is 4.79. The highest BCUT2D eigenvalue weighted by Crippen LogP contribution is 2.37. The SMILES string of the molecule is CCC1(C(=O)O)CCN(C(C)c2ccc(Cl)cc2)CC1. The van der Waals surface area contributed by atoms with E-state index in [0.717, 1.165) is 31.0 Å². The number of benzene rings is 1. The number of hydrogen-bond acceptors (Lipinski definition) is 2. The molecule has 1 heterocycles. The Bertz CT molecular complexity index is 464. The average Bonchev–Trinajstić information content (AvgIpc) is 2.47. The van der Waals surface area contributed by atoms with Crippen LogP contribution in [0.4, 0.5) is 0 Å². The molecule has 1 aromatic rings. The molecular formula is C16H22ClNO2. The third-order valence-corrected chi connectivity index (χ3v) is 5.04. The predicted molar refractivity (Wildman–Crippen MR) is 81.0 cm³/mol. The lowest BCUT2D eigenvalue weighted by atomic mass is 9.76. The summed E-state index contributed by atoms with van der Waals surface area (Å²) in [6, 6.07) is 8.21. The van der Waals surface area contributed by atoms with E-state index in [0.29, 0.717) is 12.5 Å². The lowest BCUT2D eigenvalue weighted by Crippen LogP contribution is -2.44. The fourth-order valence-electron chi connectivity index (χ4n) is 3.01. The van der Waals surface area contributed by atoms with Crippen LogP contribution in [-0.4, -0.2) is 29.1 Å². The molecule has 0 amide bonds. The highest BCUT2D eigenvalue weighted by Gasteiger charge is 2.40. The van der Waals surface area contributed by atoms with E-state index in [1.807, 2.05) is 31.2 Å². The smallest absolute Gasteiger partial charge is 0.309 e. The summed E-state index contributed by atoms with van der Waals surface area (Å²) >= 11 is 5.91. The van der Waals surface area contributed by atoms with Crippen LogP contribution in [0.2, 0.25) is 5.02 Å². The van der Waals surface area contributed by atoms with Gasteiger partial charge in [0.25, 0.3) is 0 Å². The summed E-state index contributed by atoms with van der Waals surface area (Å²) in [5.41, 5.74) is 0.713. The van der Waals surface area contributed by atoms with E-state index in [1.165, 1.54) is 5.56 Å². The molecule has 3 nitrogen and oxygen atoms in total. The minimum Gasteiger partial charge on any atom is -0.481 e. The molecule has 0 aliphatic carbocycles. The molecule has 4 heteroatoms. The molecule has 0 radical (unpaired) electrons. The Morgan fingerprint density at radius 1 is 1.35 bits per heavy atom. The molecule has 1 N–H and O–H groups in total. The standard InChI is InChI=1S/C16H22ClNO2/c1-3-16(15(19)20)8-10-18(11-9-16)12(2)13-4-6-14(17)7-5-13/h4-7,12H,3,8-11H2,1-2H3,(H,19,20). The van der Waals surface area contributed by atoms with Gasteiger partial charge in [0.15, 0.2) is 0 Å². The van der Waals surface area contributed by atoms with E-state index in [2.05, 4.69) is 11.8 Å². The Morgan fingerprint density at radius 3 is 2.35 bits per heavy atom. The van der Waals surface area contributed by atoms with Crippen molar-refractivity contribution in [1.29, 1.82) is 0 Å². The Hall–Kier alpha value is -1.06. The second-order valence-electron chi connectivity index (χ2n) is 5.70. The molecule has 0 aromatic heterocycles. The predicted octanol–water partition coefficient (Wildman–Crippen LogP) is 3.98. The third kappa shape index (κ3) is 2.99. The Labute approximate surface area is 125 Å². The summed E-state index contributed by atoms with van der Waals surface area (Å²) in [6.45, 7) is 5.82. The van der Waals surface area contributed by atoms with Crippen LogP contribution < -0.4 is 0 Å². The van der Waals surface area contributed by atoms with Gasteiger partial charge >= 0.3 is 5.97 Å². The Kier molecular flexibility index (Phi) is 4.71. The van der Waals surface area contributed by atoms with Crippen LogP contribution in [0.15, 0.2) is 24.3 Å². The van der Waals surface area contributed by atoms with Crippen molar-refractivity contribution in [3.05, 3.63) is 34.9 Å². The van der Waals surface area contributed by atoms with Crippen molar-refractivity contribution in [2.75, 3.05) is 13.1 Å². The van der Waals surface area contributed by atoms with Gasteiger partial charge in [-0.15, -0.1) is 0 Å². The van der Waals surface area contributed by atoms with Crippen LogP contribution in [0.25, 0.3) is 0 Å². The maximum atomic E-state index is 11.5. The van der Waals surface area contributed by atoms with Crippen LogP contribution >= 0.6 is 11.6 Å². The van der Waals surface area contributed by atoms with E-state index in [9.17, 15) is 9.90 Å². The Balaban J connectivity index is 2.03. The number of carboxylic acid groups (broad SMARTS) is 1. The molecule has 1 fully saturated rings. The number of halogens is 1. The molecule has 1 aromatic carbocycles. The molecule has 1 aliphatic rings. The summed E-state index contributed by atoms with van der Waals surface area (Å²) in [7, 11) is 0. The van der Waals surface area contributed by atoms with Crippen LogP contribution in [0, 0.1) is 5.41 Å². The fraction of sp³-hybridized carbons (Fsp3) is 0.562. The number of carbonyl (C=O) groups is 1. The van der Waals surface area contributed by atoms with Crippen molar-refractivity contribution in [2.45, 2.75) is 39.2 Å². The number of likely N-dealkylation sites (tertiary alicyclic amines) is 1. The average molecular weight is 296 g/mol. The van der Waals surface area contributed by atoms with E-state index in [-0.39, 0.29) is 0 Å². The van der Waals surface area contributed by atoms with Gasteiger partial charge in [0.2, 0.25) is 0 Å². The second kappa shape index (κ2) is 6.15. The highest BCUT2D eigenvalue weighted by molar-refractivity contribution is 6.30. The second-order valence-corrected chi connectivity index (χ2v) is 6.14. The minimum absolute atomic E-state index is 0.302. The molecule has 1 saturated heterocycles. The van der Waals surface area contributed by atoms with Crippen LogP contribution in [0.5, 0.6) is 0 Å². The number of aliphatic carboxylic acids is 1. The van der Waals surface area contributed by atoms with Crippen molar-refractivity contribution in [2.24, 2.45) is 5.41 Å². The maximum Gasteiger partial charge on any atom is 0.309 e. The molecule has 2 rings (SSSR count). The van der Waals surface area contributed by atoms with Gasteiger partial charge in [-0.3, -0.25) is 9.69 Å². The molecule has 0 bridgehead atoms. The van der Waals surface area contributed by atoms with Gasteiger partial charge in [0, 0.05) is 11.1 Å². The van der Waals surface area contributed by atoms with E-state index in [1.54, 1.807) is 0 Å². The minimum atomic E-state index is -0.640. The quantitative estimate of drug-likeness (QED) is 0.913. The van der Waals surface area contributed by atoms with E-state index in [4.69, 9.17) is 11.6 Å². The van der Waals surface area contributed by atoms with Crippen LogP contribution in [0.1, 0.15) is 44.7 Å². The van der Waals surface area contributed by atoms with Crippen molar-refractivity contribution in [1.82, 2.24) is 4.90 Å². The summed E-state index contributed by atoms with van der Waals surface area (Å²) in [4.78, 5) is 13.8. The van der Waals surface area contributed by atoms with Gasteiger partial charge in [-0.05, 0) is 57.0 Å². The van der Waals surface area contributed by atoms with Crippen molar-refractivity contribution in [3.63, 3.8) is 0 Å². The topological polar surface area (TPSA) is 40.5 Å². The van der Waals surface area contributed by atoms with Gasteiger partial charge in [-0.2, -0.15) is 0 Å². The largest absolute Gasteiger partial charge is 0.481 e. The monoisotopic (exact) mass is 295 g/mol. The first-order valence-corrected chi connectivity index (χ1v) is 7.59. The van der Waals surface area contributed by atoms with Gasteiger partial charge in [-0.1, -0.05) is 30.7 Å². The Morgan fingerprint density at radius 2 is 1.90 bits per heavy atom. The fourth-order valence-corrected chi connectivity index (χ4v) is 3.14. The number of rotatable bonds is 4. The molecule has 1 atom stereocenters. The summed E-state index contributed by atoms with van der Waals surface area (Å²) < 4.78 is 0. The molecule has 0 spiro atoms. The molecule has 110 valence electrons. The van der Waals surface area contributed by atoms with E-state index < -0.39 is 11.4 Å². The number of carboxylic acids is 1. The lowest BCUT2D eigenvalue weighted by Gasteiger charge is -2.41. The zero-order valence-electron chi connectivity index (χ0n) is 12.1. The first kappa shape index (κ1) is 15.3. The molecule has 1 unspecified atom stereocenters.